The standard InChI is InChI=1S/C16H24N4O/c1-2-19-15(8-10-17-19)16(21)12-13-9-11-20(18-13)14-6-4-3-5-7-14/h8-11,14,16,21H,2-7,12H2,1H3. The van der Waals surface area contributed by atoms with E-state index < -0.39 is 6.10 Å². The molecule has 1 N–H and O–H groups in total. The molecule has 0 spiro atoms. The van der Waals surface area contributed by atoms with E-state index in [0.29, 0.717) is 12.5 Å². The van der Waals surface area contributed by atoms with E-state index in [0.717, 1.165) is 17.9 Å². The summed E-state index contributed by atoms with van der Waals surface area (Å²) in [4.78, 5) is 0. The molecule has 1 saturated carbocycles. The van der Waals surface area contributed by atoms with Crippen LogP contribution >= 0.6 is 0 Å². The molecule has 2 aromatic rings. The van der Waals surface area contributed by atoms with Crippen LogP contribution in [0, 0.1) is 0 Å². The Morgan fingerprint density at radius 1 is 1.29 bits per heavy atom. The highest BCUT2D eigenvalue weighted by Gasteiger charge is 2.18. The molecule has 2 heterocycles. The minimum absolute atomic E-state index is 0.540. The number of hydrogen-bond acceptors (Lipinski definition) is 3. The monoisotopic (exact) mass is 288 g/mol. The van der Waals surface area contributed by atoms with Crippen LogP contribution in [-0.4, -0.2) is 24.7 Å². The van der Waals surface area contributed by atoms with Crippen LogP contribution in [0.15, 0.2) is 24.5 Å². The lowest BCUT2D eigenvalue weighted by molar-refractivity contribution is 0.165. The van der Waals surface area contributed by atoms with Crippen LogP contribution in [-0.2, 0) is 13.0 Å². The van der Waals surface area contributed by atoms with Gasteiger partial charge in [0, 0.05) is 25.4 Å². The summed E-state index contributed by atoms with van der Waals surface area (Å²) in [6.45, 7) is 2.80. The molecule has 114 valence electrons. The molecule has 1 fully saturated rings. The van der Waals surface area contributed by atoms with Crippen LogP contribution in [0.1, 0.15) is 62.6 Å². The Morgan fingerprint density at radius 3 is 2.86 bits per heavy atom. The Kier molecular flexibility index (Phi) is 4.39. The molecule has 1 atom stereocenters. The first kappa shape index (κ1) is 14.3. The highest BCUT2D eigenvalue weighted by atomic mass is 16.3. The van der Waals surface area contributed by atoms with Crippen molar-refractivity contribution in [2.24, 2.45) is 0 Å². The number of rotatable bonds is 5. The first-order valence-corrected chi connectivity index (χ1v) is 8.01. The van der Waals surface area contributed by atoms with Crippen LogP contribution < -0.4 is 0 Å². The van der Waals surface area contributed by atoms with E-state index in [1.165, 1.54) is 32.1 Å². The van der Waals surface area contributed by atoms with Gasteiger partial charge in [0.25, 0.3) is 0 Å². The molecule has 0 amide bonds. The van der Waals surface area contributed by atoms with Crippen molar-refractivity contribution in [3.05, 3.63) is 35.9 Å². The molecule has 1 aliphatic carbocycles. The molecule has 3 rings (SSSR count). The van der Waals surface area contributed by atoms with Gasteiger partial charge in [-0.05, 0) is 31.9 Å². The second-order valence-corrected chi connectivity index (χ2v) is 5.87. The third-order valence-electron chi connectivity index (χ3n) is 4.41. The van der Waals surface area contributed by atoms with Gasteiger partial charge in [-0.1, -0.05) is 19.3 Å². The van der Waals surface area contributed by atoms with E-state index in [1.54, 1.807) is 6.20 Å². The molecule has 1 aliphatic rings. The summed E-state index contributed by atoms with van der Waals surface area (Å²) >= 11 is 0. The normalized spacial score (nSPS) is 18.0. The smallest absolute Gasteiger partial charge is 0.101 e. The van der Waals surface area contributed by atoms with Crippen molar-refractivity contribution in [1.82, 2.24) is 19.6 Å². The lowest BCUT2D eigenvalue weighted by Gasteiger charge is -2.21. The summed E-state index contributed by atoms with van der Waals surface area (Å²) in [5.74, 6) is 0. The third-order valence-corrected chi connectivity index (χ3v) is 4.41. The van der Waals surface area contributed by atoms with Crippen molar-refractivity contribution in [2.75, 3.05) is 0 Å². The van der Waals surface area contributed by atoms with E-state index in [2.05, 4.69) is 21.1 Å². The fourth-order valence-corrected chi connectivity index (χ4v) is 3.23. The maximum absolute atomic E-state index is 10.4. The Morgan fingerprint density at radius 2 is 2.10 bits per heavy atom. The zero-order valence-corrected chi connectivity index (χ0v) is 12.6. The topological polar surface area (TPSA) is 55.9 Å². The molecule has 2 aromatic heterocycles. The predicted molar refractivity (Wildman–Crippen MR) is 80.9 cm³/mol. The molecule has 21 heavy (non-hydrogen) atoms. The zero-order valence-electron chi connectivity index (χ0n) is 12.6. The number of aliphatic hydroxyl groups excluding tert-OH is 1. The summed E-state index contributed by atoms with van der Waals surface area (Å²) in [5, 5.41) is 19.3. The lowest BCUT2D eigenvalue weighted by atomic mass is 9.96. The maximum atomic E-state index is 10.4. The number of aryl methyl sites for hydroxylation is 1. The van der Waals surface area contributed by atoms with Gasteiger partial charge in [-0.2, -0.15) is 10.2 Å². The molecule has 1 unspecified atom stereocenters. The van der Waals surface area contributed by atoms with Crippen LogP contribution in [0.5, 0.6) is 0 Å². The molecule has 5 heteroatoms. The van der Waals surface area contributed by atoms with E-state index >= 15 is 0 Å². The van der Waals surface area contributed by atoms with E-state index in [9.17, 15) is 5.11 Å². The number of nitrogens with zero attached hydrogens (tertiary/aromatic N) is 4. The molecule has 5 nitrogen and oxygen atoms in total. The predicted octanol–water partition coefficient (Wildman–Crippen LogP) is 2.88. The molecule has 0 saturated heterocycles. The van der Waals surface area contributed by atoms with Gasteiger partial charge in [0.2, 0.25) is 0 Å². The summed E-state index contributed by atoms with van der Waals surface area (Å²) in [6.07, 6.45) is 10.2. The summed E-state index contributed by atoms with van der Waals surface area (Å²) < 4.78 is 3.93. The van der Waals surface area contributed by atoms with Crippen molar-refractivity contribution in [3.8, 4) is 0 Å². The Hall–Kier alpha value is -1.62. The molecule has 0 radical (unpaired) electrons. The van der Waals surface area contributed by atoms with Crippen molar-refractivity contribution < 1.29 is 5.11 Å². The minimum Gasteiger partial charge on any atom is -0.386 e. The highest BCUT2D eigenvalue weighted by Crippen LogP contribution is 2.28. The molecule has 0 aliphatic heterocycles. The number of aromatic nitrogens is 4. The molecular weight excluding hydrogens is 264 g/mol. The van der Waals surface area contributed by atoms with Gasteiger partial charge < -0.3 is 5.11 Å². The van der Waals surface area contributed by atoms with Crippen molar-refractivity contribution in [3.63, 3.8) is 0 Å². The van der Waals surface area contributed by atoms with Crippen molar-refractivity contribution in [2.45, 2.75) is 64.1 Å². The van der Waals surface area contributed by atoms with Gasteiger partial charge in [-0.3, -0.25) is 9.36 Å². The SMILES string of the molecule is CCn1nccc1C(O)Cc1ccn(C2CCCCC2)n1. The summed E-state index contributed by atoms with van der Waals surface area (Å²) in [6, 6.07) is 4.46. The average Bonchev–Trinajstić information content (AvgIpc) is 3.16. The first-order valence-electron chi connectivity index (χ1n) is 8.01. The quantitative estimate of drug-likeness (QED) is 0.920. The second-order valence-electron chi connectivity index (χ2n) is 5.87. The molecular formula is C16H24N4O. The van der Waals surface area contributed by atoms with Gasteiger partial charge in [0.1, 0.15) is 6.10 Å². The summed E-state index contributed by atoms with van der Waals surface area (Å²) in [7, 11) is 0. The van der Waals surface area contributed by atoms with Gasteiger partial charge in [0.15, 0.2) is 0 Å². The Labute approximate surface area is 125 Å². The van der Waals surface area contributed by atoms with Gasteiger partial charge >= 0.3 is 0 Å². The Balaban J connectivity index is 1.66. The molecule has 0 bridgehead atoms. The van der Waals surface area contributed by atoms with Crippen LogP contribution in [0.2, 0.25) is 0 Å². The van der Waals surface area contributed by atoms with Crippen LogP contribution in [0.25, 0.3) is 0 Å². The Bertz CT molecular complexity index is 568. The van der Waals surface area contributed by atoms with Crippen LogP contribution in [0.4, 0.5) is 0 Å². The van der Waals surface area contributed by atoms with Crippen molar-refractivity contribution >= 4 is 0 Å². The first-order chi connectivity index (χ1) is 10.3. The van der Waals surface area contributed by atoms with E-state index in [4.69, 9.17) is 0 Å². The van der Waals surface area contributed by atoms with Gasteiger partial charge in [-0.15, -0.1) is 0 Å². The number of hydrogen-bond donors (Lipinski definition) is 1. The zero-order chi connectivity index (χ0) is 14.7. The largest absolute Gasteiger partial charge is 0.386 e. The third kappa shape index (κ3) is 3.18. The minimum atomic E-state index is -0.540. The van der Waals surface area contributed by atoms with E-state index in [-0.39, 0.29) is 0 Å². The second kappa shape index (κ2) is 6.43. The van der Waals surface area contributed by atoms with Gasteiger partial charge in [-0.25, -0.2) is 0 Å². The number of aliphatic hydroxyl groups is 1. The molecule has 0 aromatic carbocycles. The van der Waals surface area contributed by atoms with Gasteiger partial charge in [0.05, 0.1) is 17.4 Å². The van der Waals surface area contributed by atoms with Crippen LogP contribution in [0.3, 0.4) is 0 Å². The van der Waals surface area contributed by atoms with Crippen molar-refractivity contribution in [1.29, 1.82) is 0 Å². The highest BCUT2D eigenvalue weighted by molar-refractivity contribution is 5.10. The summed E-state index contributed by atoms with van der Waals surface area (Å²) in [5.41, 5.74) is 1.82. The fraction of sp³-hybridized carbons (Fsp3) is 0.625. The average molecular weight is 288 g/mol. The maximum Gasteiger partial charge on any atom is 0.101 e. The van der Waals surface area contributed by atoms with E-state index in [1.807, 2.05) is 23.7 Å². The lowest BCUT2D eigenvalue weighted by Crippen LogP contribution is -2.14. The fourth-order valence-electron chi connectivity index (χ4n) is 3.23.